The molecule has 0 atom stereocenters. The van der Waals surface area contributed by atoms with E-state index in [0.29, 0.717) is 13.2 Å². The summed E-state index contributed by atoms with van der Waals surface area (Å²) in [5.74, 6) is 0.819. The van der Waals surface area contributed by atoms with Crippen molar-refractivity contribution >= 4 is 5.91 Å². The molecular weight excluding hydrogens is 214 g/mol. The van der Waals surface area contributed by atoms with Gasteiger partial charge in [0.1, 0.15) is 12.4 Å². The lowest BCUT2D eigenvalue weighted by atomic mass is 9.87. The fraction of sp³-hybridized carbons (Fsp3) is 0.500. The predicted octanol–water partition coefficient (Wildman–Crippen LogP) is 2.50. The Morgan fingerprint density at radius 3 is 2.65 bits per heavy atom. The minimum absolute atomic E-state index is 0.0305. The van der Waals surface area contributed by atoms with Crippen LogP contribution in [0, 0.1) is 0 Å². The quantitative estimate of drug-likeness (QED) is 0.814. The zero-order chi connectivity index (χ0) is 12.9. The average molecular weight is 235 g/mol. The van der Waals surface area contributed by atoms with Crippen LogP contribution in [-0.4, -0.2) is 19.1 Å². The Balaban J connectivity index is 2.52. The number of amides is 1. The molecule has 1 amide bonds. The van der Waals surface area contributed by atoms with Crippen LogP contribution in [0.1, 0.15) is 33.3 Å². The van der Waals surface area contributed by atoms with Gasteiger partial charge >= 0.3 is 0 Å². The summed E-state index contributed by atoms with van der Waals surface area (Å²) in [6, 6.07) is 8.08. The molecule has 0 saturated heterocycles. The number of hydrogen-bond acceptors (Lipinski definition) is 2. The third kappa shape index (κ3) is 4.89. The molecule has 1 N–H and O–H groups in total. The molecule has 0 aliphatic carbocycles. The van der Waals surface area contributed by atoms with Gasteiger partial charge in [-0.3, -0.25) is 4.79 Å². The molecule has 0 aromatic heterocycles. The van der Waals surface area contributed by atoms with Crippen molar-refractivity contribution in [3.8, 4) is 5.75 Å². The first-order valence-corrected chi connectivity index (χ1v) is 5.87. The maximum atomic E-state index is 10.7. The minimum Gasteiger partial charge on any atom is -0.492 e. The van der Waals surface area contributed by atoms with Crippen LogP contribution in [0.5, 0.6) is 5.75 Å². The fourth-order valence-electron chi connectivity index (χ4n) is 1.45. The van der Waals surface area contributed by atoms with Crippen molar-refractivity contribution in [2.45, 2.75) is 33.1 Å². The van der Waals surface area contributed by atoms with Gasteiger partial charge in [-0.15, -0.1) is 0 Å². The molecule has 0 spiro atoms. The van der Waals surface area contributed by atoms with Gasteiger partial charge in [-0.25, -0.2) is 0 Å². The molecule has 0 bridgehead atoms. The van der Waals surface area contributed by atoms with E-state index in [1.54, 1.807) is 0 Å². The molecule has 0 heterocycles. The van der Waals surface area contributed by atoms with Gasteiger partial charge in [-0.1, -0.05) is 32.9 Å². The summed E-state index contributed by atoms with van der Waals surface area (Å²) in [6.45, 7) is 9.04. The van der Waals surface area contributed by atoms with Gasteiger partial charge in [0.05, 0.1) is 6.54 Å². The molecule has 1 rings (SSSR count). The predicted molar refractivity (Wildman–Crippen MR) is 69.3 cm³/mol. The summed E-state index contributed by atoms with van der Waals surface area (Å²) >= 11 is 0. The Morgan fingerprint density at radius 2 is 2.06 bits per heavy atom. The molecular formula is C14H21NO2. The highest BCUT2D eigenvalue weighted by molar-refractivity contribution is 5.72. The van der Waals surface area contributed by atoms with E-state index in [1.807, 2.05) is 18.2 Å². The van der Waals surface area contributed by atoms with Crippen LogP contribution in [0.4, 0.5) is 0 Å². The van der Waals surface area contributed by atoms with Crippen LogP contribution in [0.3, 0.4) is 0 Å². The van der Waals surface area contributed by atoms with Crippen molar-refractivity contribution in [3.63, 3.8) is 0 Å². The number of carbonyl (C=O) groups is 1. The van der Waals surface area contributed by atoms with Crippen LogP contribution >= 0.6 is 0 Å². The van der Waals surface area contributed by atoms with E-state index in [-0.39, 0.29) is 11.3 Å². The largest absolute Gasteiger partial charge is 0.492 e. The zero-order valence-corrected chi connectivity index (χ0v) is 11.0. The van der Waals surface area contributed by atoms with Crippen LogP contribution in [0.15, 0.2) is 24.3 Å². The maximum Gasteiger partial charge on any atom is 0.216 e. The Morgan fingerprint density at radius 1 is 1.35 bits per heavy atom. The minimum atomic E-state index is -0.0305. The number of rotatable bonds is 4. The van der Waals surface area contributed by atoms with E-state index in [9.17, 15) is 4.79 Å². The van der Waals surface area contributed by atoms with Crippen LogP contribution < -0.4 is 10.1 Å². The normalized spacial score (nSPS) is 11.1. The Labute approximate surface area is 103 Å². The molecule has 0 saturated carbocycles. The molecule has 0 fully saturated rings. The van der Waals surface area contributed by atoms with Crippen molar-refractivity contribution in [1.82, 2.24) is 5.32 Å². The van der Waals surface area contributed by atoms with E-state index < -0.39 is 0 Å². The van der Waals surface area contributed by atoms with Crippen LogP contribution in [-0.2, 0) is 10.2 Å². The van der Waals surface area contributed by atoms with Crippen LogP contribution in [0.2, 0.25) is 0 Å². The molecule has 0 radical (unpaired) electrons. The number of benzene rings is 1. The molecule has 17 heavy (non-hydrogen) atoms. The molecule has 1 aromatic rings. The fourth-order valence-corrected chi connectivity index (χ4v) is 1.45. The highest BCUT2D eigenvalue weighted by Crippen LogP contribution is 2.25. The zero-order valence-electron chi connectivity index (χ0n) is 11.0. The molecule has 3 heteroatoms. The van der Waals surface area contributed by atoms with E-state index in [4.69, 9.17) is 4.74 Å². The Bertz CT molecular complexity index is 380. The topological polar surface area (TPSA) is 38.3 Å². The van der Waals surface area contributed by atoms with Crippen molar-refractivity contribution in [2.75, 3.05) is 13.2 Å². The van der Waals surface area contributed by atoms with Gasteiger partial charge in [0.2, 0.25) is 5.91 Å². The molecule has 0 aliphatic rings. The SMILES string of the molecule is CC(=O)NCCOc1cccc(C(C)(C)C)c1. The highest BCUT2D eigenvalue weighted by atomic mass is 16.5. The van der Waals surface area contributed by atoms with Crippen molar-refractivity contribution in [2.24, 2.45) is 0 Å². The van der Waals surface area contributed by atoms with Gasteiger partial charge in [0.15, 0.2) is 0 Å². The number of ether oxygens (including phenoxy) is 1. The Hall–Kier alpha value is -1.51. The molecule has 1 aromatic carbocycles. The monoisotopic (exact) mass is 235 g/mol. The summed E-state index contributed by atoms with van der Waals surface area (Å²) in [4.78, 5) is 10.7. The lowest BCUT2D eigenvalue weighted by molar-refractivity contribution is -0.119. The van der Waals surface area contributed by atoms with Crippen LogP contribution in [0.25, 0.3) is 0 Å². The number of carbonyl (C=O) groups excluding carboxylic acids is 1. The summed E-state index contributed by atoms with van der Waals surface area (Å²) in [6.07, 6.45) is 0. The lowest BCUT2D eigenvalue weighted by Gasteiger charge is -2.19. The van der Waals surface area contributed by atoms with E-state index in [0.717, 1.165) is 5.75 Å². The number of hydrogen-bond donors (Lipinski definition) is 1. The van der Waals surface area contributed by atoms with E-state index in [1.165, 1.54) is 12.5 Å². The first-order valence-electron chi connectivity index (χ1n) is 5.87. The molecule has 0 unspecified atom stereocenters. The summed E-state index contributed by atoms with van der Waals surface area (Å²) in [5, 5.41) is 2.70. The molecule has 94 valence electrons. The lowest BCUT2D eigenvalue weighted by Crippen LogP contribution is -2.25. The maximum absolute atomic E-state index is 10.7. The van der Waals surface area contributed by atoms with Gasteiger partial charge in [-0.05, 0) is 23.1 Å². The van der Waals surface area contributed by atoms with Gasteiger partial charge in [0.25, 0.3) is 0 Å². The van der Waals surface area contributed by atoms with Crippen molar-refractivity contribution in [3.05, 3.63) is 29.8 Å². The standard InChI is InChI=1S/C14H21NO2/c1-11(16)15-8-9-17-13-7-5-6-12(10-13)14(2,3)4/h5-7,10H,8-9H2,1-4H3,(H,15,16). The van der Waals surface area contributed by atoms with E-state index in [2.05, 4.69) is 32.2 Å². The second kappa shape index (κ2) is 5.71. The van der Waals surface area contributed by atoms with Gasteiger partial charge in [0, 0.05) is 6.92 Å². The van der Waals surface area contributed by atoms with Gasteiger partial charge in [-0.2, -0.15) is 0 Å². The smallest absolute Gasteiger partial charge is 0.216 e. The first kappa shape index (κ1) is 13.6. The third-order valence-electron chi connectivity index (χ3n) is 2.44. The second-order valence-electron chi connectivity index (χ2n) is 5.11. The highest BCUT2D eigenvalue weighted by Gasteiger charge is 2.13. The summed E-state index contributed by atoms with van der Waals surface area (Å²) < 4.78 is 5.58. The summed E-state index contributed by atoms with van der Waals surface area (Å²) in [5.41, 5.74) is 1.37. The molecule has 0 aliphatic heterocycles. The molecule has 3 nitrogen and oxygen atoms in total. The Kier molecular flexibility index (Phi) is 4.55. The van der Waals surface area contributed by atoms with Crippen molar-refractivity contribution < 1.29 is 9.53 Å². The van der Waals surface area contributed by atoms with E-state index >= 15 is 0 Å². The first-order chi connectivity index (χ1) is 7.89. The second-order valence-corrected chi connectivity index (χ2v) is 5.11. The summed E-state index contributed by atoms with van der Waals surface area (Å²) in [7, 11) is 0. The van der Waals surface area contributed by atoms with Gasteiger partial charge < -0.3 is 10.1 Å². The average Bonchev–Trinajstić information content (AvgIpc) is 2.23. The number of nitrogens with one attached hydrogen (secondary N) is 1. The third-order valence-corrected chi connectivity index (χ3v) is 2.44. The van der Waals surface area contributed by atoms with Crippen molar-refractivity contribution in [1.29, 1.82) is 0 Å².